The molecule has 0 aliphatic carbocycles. The number of amidine groups is 1. The maximum Gasteiger partial charge on any atom is 0.274 e. The average molecular weight is 251 g/mol. The Morgan fingerprint density at radius 1 is 1.33 bits per heavy atom. The lowest BCUT2D eigenvalue weighted by molar-refractivity contribution is -0.129. The van der Waals surface area contributed by atoms with Crippen molar-refractivity contribution in [3.8, 4) is 5.75 Å². The predicted molar refractivity (Wildman–Crippen MR) is 60.5 cm³/mol. The monoisotopic (exact) mass is 251 g/mol. The molecule has 94 valence electrons. The van der Waals surface area contributed by atoms with Crippen LogP contribution in [0.15, 0.2) is 29.3 Å². The molecular weight excluding hydrogens is 241 g/mol. The van der Waals surface area contributed by atoms with E-state index in [0.717, 1.165) is 0 Å². The molecule has 18 heavy (non-hydrogen) atoms. The molecule has 1 atom stereocenters. The third-order valence-electron chi connectivity index (χ3n) is 2.25. The highest BCUT2D eigenvalue weighted by Crippen LogP contribution is 2.11. The molecule has 0 fully saturated rings. The molecule has 2 amide bonds. The second kappa shape index (κ2) is 4.92. The molecule has 1 heterocycles. The van der Waals surface area contributed by atoms with Crippen molar-refractivity contribution < 1.29 is 18.7 Å². The Morgan fingerprint density at radius 3 is 2.61 bits per heavy atom. The maximum absolute atomic E-state index is 12.6. The molecular formula is C11H10FN3O3. The lowest BCUT2D eigenvalue weighted by atomic mass is 10.2. The summed E-state index contributed by atoms with van der Waals surface area (Å²) in [5.74, 6) is -1.23. The van der Waals surface area contributed by atoms with E-state index in [-0.39, 0.29) is 18.3 Å². The highest BCUT2D eigenvalue weighted by atomic mass is 19.1. The van der Waals surface area contributed by atoms with E-state index in [1.165, 1.54) is 24.3 Å². The summed E-state index contributed by atoms with van der Waals surface area (Å²) >= 11 is 0. The van der Waals surface area contributed by atoms with Gasteiger partial charge in [0.2, 0.25) is 0 Å². The van der Waals surface area contributed by atoms with E-state index >= 15 is 0 Å². The number of aliphatic imine (C=N–C) groups is 1. The molecule has 6 nitrogen and oxygen atoms in total. The van der Waals surface area contributed by atoms with E-state index < -0.39 is 17.9 Å². The number of benzene rings is 1. The van der Waals surface area contributed by atoms with Crippen molar-refractivity contribution in [2.45, 2.75) is 6.04 Å². The first-order valence-corrected chi connectivity index (χ1v) is 5.12. The van der Waals surface area contributed by atoms with Gasteiger partial charge in [0.25, 0.3) is 11.8 Å². The van der Waals surface area contributed by atoms with Crippen LogP contribution < -0.4 is 15.8 Å². The number of hydrogen-bond donors (Lipinski definition) is 2. The van der Waals surface area contributed by atoms with Gasteiger partial charge in [-0.3, -0.25) is 9.59 Å². The van der Waals surface area contributed by atoms with E-state index in [0.29, 0.717) is 5.75 Å². The molecule has 0 radical (unpaired) electrons. The van der Waals surface area contributed by atoms with Crippen LogP contribution in [0, 0.1) is 5.82 Å². The second-order valence-corrected chi connectivity index (χ2v) is 3.61. The number of ether oxygens (including phenoxy) is 1. The second-order valence-electron chi connectivity index (χ2n) is 3.61. The Balaban J connectivity index is 1.98. The first kappa shape index (κ1) is 12.2. The number of hydrogen-bond acceptors (Lipinski definition) is 4. The molecule has 0 spiro atoms. The van der Waals surface area contributed by atoms with Gasteiger partial charge in [0, 0.05) is 0 Å². The Hall–Kier alpha value is -2.28. The first-order chi connectivity index (χ1) is 8.56. The Bertz CT molecular complexity index is 513. The molecule has 2 rings (SSSR count). The highest BCUT2D eigenvalue weighted by molar-refractivity contribution is 6.18. The lowest BCUT2D eigenvalue weighted by Gasteiger charge is -2.17. The smallest absolute Gasteiger partial charge is 0.274 e. The van der Waals surface area contributed by atoms with Crippen LogP contribution in [0.25, 0.3) is 0 Å². The zero-order valence-electron chi connectivity index (χ0n) is 9.22. The largest absolute Gasteiger partial charge is 0.486 e. The highest BCUT2D eigenvalue weighted by Gasteiger charge is 2.28. The number of nitrogens with zero attached hydrogens (tertiary/aromatic N) is 1. The molecule has 1 aliphatic heterocycles. The molecule has 1 aliphatic rings. The normalized spacial score (nSPS) is 19.2. The summed E-state index contributed by atoms with van der Waals surface area (Å²) in [4.78, 5) is 26.0. The minimum absolute atomic E-state index is 0.0797. The molecule has 0 saturated heterocycles. The SMILES string of the molecule is NC1C(=O)N=C(COc2ccc(F)cc2)NC1=O. The average Bonchev–Trinajstić information content (AvgIpc) is 2.35. The zero-order valence-corrected chi connectivity index (χ0v) is 9.22. The van der Waals surface area contributed by atoms with Gasteiger partial charge in [-0.05, 0) is 24.3 Å². The summed E-state index contributed by atoms with van der Waals surface area (Å²) in [5, 5.41) is 2.34. The number of rotatable bonds is 3. The lowest BCUT2D eigenvalue weighted by Crippen LogP contribution is -2.53. The topological polar surface area (TPSA) is 93.8 Å². The minimum atomic E-state index is -1.26. The van der Waals surface area contributed by atoms with Crippen LogP contribution in [0.2, 0.25) is 0 Å². The quantitative estimate of drug-likeness (QED) is 0.714. The number of carbonyl (C=O) groups excluding carboxylic acids is 2. The minimum Gasteiger partial charge on any atom is -0.486 e. The molecule has 7 heteroatoms. The predicted octanol–water partition coefficient (Wildman–Crippen LogP) is -0.413. The number of nitrogens with two attached hydrogens (primary N) is 1. The standard InChI is InChI=1S/C11H10FN3O3/c12-6-1-3-7(4-2-6)18-5-8-14-10(16)9(13)11(17)15-8/h1-4,9H,5,13H2,(H,14,15,16,17). The van der Waals surface area contributed by atoms with E-state index in [1.54, 1.807) is 0 Å². The number of carbonyl (C=O) groups is 2. The summed E-state index contributed by atoms with van der Waals surface area (Å²) in [6, 6.07) is 4.05. The zero-order chi connectivity index (χ0) is 13.1. The summed E-state index contributed by atoms with van der Waals surface area (Å²) < 4.78 is 17.9. The molecule has 0 bridgehead atoms. The molecule has 0 aromatic heterocycles. The van der Waals surface area contributed by atoms with Crippen molar-refractivity contribution >= 4 is 17.6 Å². The molecule has 0 saturated carbocycles. The fraction of sp³-hybridized carbons (Fsp3) is 0.182. The fourth-order valence-corrected chi connectivity index (χ4v) is 1.31. The van der Waals surface area contributed by atoms with Crippen LogP contribution in [-0.4, -0.2) is 30.3 Å². The van der Waals surface area contributed by atoms with Crippen molar-refractivity contribution in [3.63, 3.8) is 0 Å². The van der Waals surface area contributed by atoms with Gasteiger partial charge < -0.3 is 15.8 Å². The van der Waals surface area contributed by atoms with Crippen LogP contribution in [-0.2, 0) is 9.59 Å². The number of amides is 2. The summed E-state index contributed by atoms with van der Waals surface area (Å²) in [5.41, 5.74) is 5.26. The van der Waals surface area contributed by atoms with Gasteiger partial charge in [-0.2, -0.15) is 4.99 Å². The van der Waals surface area contributed by atoms with E-state index in [4.69, 9.17) is 10.5 Å². The summed E-state index contributed by atoms with van der Waals surface area (Å²) in [6.07, 6.45) is 0. The van der Waals surface area contributed by atoms with Crippen molar-refractivity contribution in [2.75, 3.05) is 6.61 Å². The third kappa shape index (κ3) is 2.69. The van der Waals surface area contributed by atoms with E-state index in [2.05, 4.69) is 10.3 Å². The van der Waals surface area contributed by atoms with Crippen LogP contribution in [0.5, 0.6) is 5.75 Å². The van der Waals surface area contributed by atoms with Gasteiger partial charge in [0.15, 0.2) is 11.9 Å². The first-order valence-electron chi connectivity index (χ1n) is 5.12. The molecule has 1 aromatic rings. The number of nitrogens with one attached hydrogen (secondary N) is 1. The maximum atomic E-state index is 12.6. The fourth-order valence-electron chi connectivity index (χ4n) is 1.31. The number of halogens is 1. The Morgan fingerprint density at radius 2 is 2.00 bits per heavy atom. The Kier molecular flexibility index (Phi) is 3.33. The summed E-state index contributed by atoms with van der Waals surface area (Å²) in [7, 11) is 0. The van der Waals surface area contributed by atoms with E-state index in [9.17, 15) is 14.0 Å². The third-order valence-corrected chi connectivity index (χ3v) is 2.25. The van der Waals surface area contributed by atoms with Crippen molar-refractivity contribution in [2.24, 2.45) is 10.7 Å². The Labute approximate surface area is 102 Å². The van der Waals surface area contributed by atoms with Crippen LogP contribution in [0.3, 0.4) is 0 Å². The van der Waals surface area contributed by atoms with Crippen molar-refractivity contribution in [1.82, 2.24) is 5.32 Å². The molecule has 1 aromatic carbocycles. The van der Waals surface area contributed by atoms with Crippen molar-refractivity contribution in [1.29, 1.82) is 0 Å². The summed E-state index contributed by atoms with van der Waals surface area (Å²) in [6.45, 7) is -0.101. The van der Waals surface area contributed by atoms with Crippen LogP contribution >= 0.6 is 0 Å². The van der Waals surface area contributed by atoms with Gasteiger partial charge in [-0.1, -0.05) is 0 Å². The molecule has 3 N–H and O–H groups in total. The van der Waals surface area contributed by atoms with E-state index in [1.807, 2.05) is 0 Å². The molecule has 1 unspecified atom stereocenters. The van der Waals surface area contributed by atoms with Gasteiger partial charge in [0.1, 0.15) is 18.2 Å². The van der Waals surface area contributed by atoms with Crippen molar-refractivity contribution in [3.05, 3.63) is 30.1 Å². The van der Waals surface area contributed by atoms with Gasteiger partial charge in [-0.25, -0.2) is 4.39 Å². The van der Waals surface area contributed by atoms with Gasteiger partial charge >= 0.3 is 0 Å². The van der Waals surface area contributed by atoms with Crippen LogP contribution in [0.1, 0.15) is 0 Å². The van der Waals surface area contributed by atoms with Gasteiger partial charge in [0.05, 0.1) is 0 Å². The van der Waals surface area contributed by atoms with Gasteiger partial charge in [-0.15, -0.1) is 0 Å². The van der Waals surface area contributed by atoms with Crippen LogP contribution in [0.4, 0.5) is 4.39 Å².